The maximum absolute atomic E-state index is 12.5. The summed E-state index contributed by atoms with van der Waals surface area (Å²) in [4.78, 5) is 24.4. The first-order valence-corrected chi connectivity index (χ1v) is 9.41. The molecule has 2 amide bonds. The summed E-state index contributed by atoms with van der Waals surface area (Å²) in [6.45, 7) is 0. The quantitative estimate of drug-likeness (QED) is 0.796. The average molecular weight is 299 g/mol. The van der Waals surface area contributed by atoms with Crippen LogP contribution in [0, 0.1) is 5.41 Å². The van der Waals surface area contributed by atoms with E-state index in [9.17, 15) is 9.59 Å². The number of hydrogen-bond donors (Lipinski definition) is 1. The van der Waals surface area contributed by atoms with E-state index < -0.39 is 5.41 Å². The third-order valence-corrected chi connectivity index (χ3v) is 7.80. The molecule has 3 rings (SSSR count). The van der Waals surface area contributed by atoms with E-state index in [4.69, 9.17) is 0 Å². The Morgan fingerprint density at radius 1 is 0.947 bits per heavy atom. The molecule has 0 aromatic rings. The molecule has 2 unspecified atom stereocenters. The molecule has 106 valence electrons. The van der Waals surface area contributed by atoms with E-state index in [-0.39, 0.29) is 11.8 Å². The lowest BCUT2D eigenvalue weighted by Crippen LogP contribution is -2.49. The second kappa shape index (κ2) is 5.68. The molecule has 0 aliphatic carbocycles. The third-order valence-electron chi connectivity index (χ3n) is 4.64. The molecule has 3 nitrogen and oxygen atoms in total. The first kappa shape index (κ1) is 13.8. The normalized spacial score (nSPS) is 40.2. The summed E-state index contributed by atoms with van der Waals surface area (Å²) in [5.41, 5.74) is -0.409. The molecule has 3 fully saturated rings. The molecule has 3 aliphatic heterocycles. The van der Waals surface area contributed by atoms with Crippen LogP contribution < -0.4 is 5.32 Å². The van der Waals surface area contributed by atoms with Crippen molar-refractivity contribution in [3.63, 3.8) is 0 Å². The number of thioether (sulfide) groups is 2. The van der Waals surface area contributed by atoms with E-state index in [0.29, 0.717) is 16.9 Å². The molecular weight excluding hydrogens is 278 g/mol. The fraction of sp³-hybridized carbons (Fsp3) is 0.857. The summed E-state index contributed by atoms with van der Waals surface area (Å²) in [6, 6.07) is 0. The van der Waals surface area contributed by atoms with Crippen molar-refractivity contribution in [2.45, 2.75) is 55.4 Å². The first-order valence-electron chi connectivity index (χ1n) is 7.31. The van der Waals surface area contributed by atoms with Gasteiger partial charge in [-0.05, 0) is 37.2 Å². The van der Waals surface area contributed by atoms with Gasteiger partial charge in [0.05, 0.1) is 5.41 Å². The van der Waals surface area contributed by atoms with E-state index >= 15 is 0 Å². The summed E-state index contributed by atoms with van der Waals surface area (Å²) in [5, 5.41) is 3.30. The van der Waals surface area contributed by atoms with Gasteiger partial charge in [0.15, 0.2) is 0 Å². The number of carbonyl (C=O) groups excluding carboxylic acids is 2. The number of imide groups is 1. The van der Waals surface area contributed by atoms with Crippen molar-refractivity contribution in [1.82, 2.24) is 5.32 Å². The minimum atomic E-state index is -0.409. The lowest BCUT2D eigenvalue weighted by Gasteiger charge is -2.43. The van der Waals surface area contributed by atoms with Crippen LogP contribution in [0.25, 0.3) is 0 Å². The molecule has 1 N–H and O–H groups in total. The summed E-state index contributed by atoms with van der Waals surface area (Å²) >= 11 is 3.86. The van der Waals surface area contributed by atoms with Gasteiger partial charge in [0.2, 0.25) is 11.8 Å². The molecule has 3 aliphatic rings. The van der Waals surface area contributed by atoms with Crippen molar-refractivity contribution in [2.75, 3.05) is 11.5 Å². The lowest BCUT2D eigenvalue weighted by atomic mass is 9.75. The van der Waals surface area contributed by atoms with Gasteiger partial charge < -0.3 is 0 Å². The van der Waals surface area contributed by atoms with Gasteiger partial charge in [0.25, 0.3) is 0 Å². The molecule has 5 heteroatoms. The van der Waals surface area contributed by atoms with Gasteiger partial charge in [-0.3, -0.25) is 14.9 Å². The minimum absolute atomic E-state index is 0.0244. The van der Waals surface area contributed by atoms with Crippen LogP contribution >= 0.6 is 23.5 Å². The van der Waals surface area contributed by atoms with Crippen molar-refractivity contribution in [1.29, 1.82) is 0 Å². The molecule has 0 bridgehead atoms. The van der Waals surface area contributed by atoms with E-state index in [0.717, 1.165) is 24.3 Å². The molecular formula is C14H21NO2S2. The SMILES string of the molecule is O=C1CC(C2CCCCS2)(C2CCCCS2)C(=O)N1. The van der Waals surface area contributed by atoms with E-state index in [1.807, 2.05) is 23.5 Å². The Hall–Kier alpha value is -0.160. The highest BCUT2D eigenvalue weighted by Crippen LogP contribution is 2.52. The topological polar surface area (TPSA) is 46.2 Å². The standard InChI is InChI=1S/C14H21NO2S2/c16-12-9-14(13(17)15-12,10-5-1-3-7-18-10)11-6-2-4-8-19-11/h10-11H,1-9H2,(H,15,16,17). The van der Waals surface area contributed by atoms with Crippen molar-refractivity contribution >= 4 is 35.3 Å². The van der Waals surface area contributed by atoms with E-state index in [1.54, 1.807) is 0 Å². The Labute approximate surface area is 123 Å². The molecule has 0 aromatic carbocycles. The van der Waals surface area contributed by atoms with Crippen LogP contribution in [0.4, 0.5) is 0 Å². The predicted octanol–water partition coefficient (Wildman–Crippen LogP) is 2.59. The van der Waals surface area contributed by atoms with Crippen LogP contribution in [0.3, 0.4) is 0 Å². The molecule has 3 heterocycles. The second-order valence-corrected chi connectivity index (χ2v) is 8.43. The van der Waals surface area contributed by atoms with Crippen LogP contribution in [-0.2, 0) is 9.59 Å². The number of carbonyl (C=O) groups is 2. The highest BCUT2D eigenvalue weighted by molar-refractivity contribution is 8.01. The molecule has 0 radical (unpaired) electrons. The molecule has 19 heavy (non-hydrogen) atoms. The zero-order valence-corrected chi connectivity index (χ0v) is 12.8. The Kier molecular flexibility index (Phi) is 4.13. The zero-order chi connectivity index (χ0) is 13.3. The molecule has 2 atom stereocenters. The minimum Gasteiger partial charge on any atom is -0.296 e. The van der Waals surface area contributed by atoms with Gasteiger partial charge in [-0.25, -0.2) is 0 Å². The van der Waals surface area contributed by atoms with Crippen molar-refractivity contribution in [3.8, 4) is 0 Å². The fourth-order valence-corrected chi connectivity index (χ4v) is 7.02. The largest absolute Gasteiger partial charge is 0.296 e. The molecule has 3 saturated heterocycles. The van der Waals surface area contributed by atoms with Crippen molar-refractivity contribution < 1.29 is 9.59 Å². The Morgan fingerprint density at radius 3 is 1.89 bits per heavy atom. The Balaban J connectivity index is 1.89. The van der Waals surface area contributed by atoms with Crippen LogP contribution in [-0.4, -0.2) is 33.8 Å². The van der Waals surface area contributed by atoms with Gasteiger partial charge in [0, 0.05) is 16.9 Å². The lowest BCUT2D eigenvalue weighted by molar-refractivity contribution is -0.128. The van der Waals surface area contributed by atoms with Crippen LogP contribution in [0.5, 0.6) is 0 Å². The number of nitrogens with one attached hydrogen (secondary N) is 1. The number of rotatable bonds is 2. The molecule has 0 spiro atoms. The average Bonchev–Trinajstić information content (AvgIpc) is 2.76. The van der Waals surface area contributed by atoms with Gasteiger partial charge in [-0.2, -0.15) is 23.5 Å². The van der Waals surface area contributed by atoms with Crippen LogP contribution in [0.1, 0.15) is 44.9 Å². The van der Waals surface area contributed by atoms with E-state index in [2.05, 4.69) is 5.32 Å². The Bertz CT molecular complexity index is 356. The highest BCUT2D eigenvalue weighted by Gasteiger charge is 2.57. The van der Waals surface area contributed by atoms with Gasteiger partial charge in [0.1, 0.15) is 0 Å². The summed E-state index contributed by atoms with van der Waals surface area (Å²) in [6.07, 6.45) is 7.55. The van der Waals surface area contributed by atoms with E-state index in [1.165, 1.54) is 25.7 Å². The van der Waals surface area contributed by atoms with Crippen molar-refractivity contribution in [2.24, 2.45) is 5.41 Å². The third kappa shape index (κ3) is 2.44. The van der Waals surface area contributed by atoms with Gasteiger partial charge in [-0.1, -0.05) is 12.8 Å². The van der Waals surface area contributed by atoms with Crippen LogP contribution in [0.15, 0.2) is 0 Å². The van der Waals surface area contributed by atoms with Gasteiger partial charge in [-0.15, -0.1) is 0 Å². The van der Waals surface area contributed by atoms with Crippen molar-refractivity contribution in [3.05, 3.63) is 0 Å². The smallest absolute Gasteiger partial charge is 0.235 e. The Morgan fingerprint density at radius 2 is 1.53 bits per heavy atom. The summed E-state index contributed by atoms with van der Waals surface area (Å²) in [5.74, 6) is 2.26. The maximum Gasteiger partial charge on any atom is 0.235 e. The first-order chi connectivity index (χ1) is 9.23. The zero-order valence-electron chi connectivity index (χ0n) is 11.2. The maximum atomic E-state index is 12.5. The van der Waals surface area contributed by atoms with Crippen LogP contribution in [0.2, 0.25) is 0 Å². The fourth-order valence-electron chi connectivity index (χ4n) is 3.65. The highest BCUT2D eigenvalue weighted by atomic mass is 32.2. The number of amides is 2. The second-order valence-electron chi connectivity index (χ2n) is 5.80. The molecule has 0 aromatic heterocycles. The van der Waals surface area contributed by atoms with Gasteiger partial charge >= 0.3 is 0 Å². The molecule has 0 saturated carbocycles. The predicted molar refractivity (Wildman–Crippen MR) is 80.4 cm³/mol. The number of hydrogen-bond acceptors (Lipinski definition) is 4. The monoisotopic (exact) mass is 299 g/mol. The summed E-state index contributed by atoms with van der Waals surface area (Å²) < 4.78 is 0. The summed E-state index contributed by atoms with van der Waals surface area (Å²) in [7, 11) is 0.